The zero-order valence-electron chi connectivity index (χ0n) is 8.73. The fourth-order valence-corrected chi connectivity index (χ4v) is 2.44. The molecular weight excluding hydrogens is 206 g/mol. The number of hydrogen-bond acceptors (Lipinski definition) is 3. The molecule has 0 spiro atoms. The Morgan fingerprint density at radius 1 is 1.60 bits per heavy atom. The van der Waals surface area contributed by atoms with Crippen molar-refractivity contribution in [3.05, 3.63) is 40.6 Å². The van der Waals surface area contributed by atoms with Gasteiger partial charge in [0.25, 0.3) is 0 Å². The van der Waals surface area contributed by atoms with Crippen molar-refractivity contribution in [3.63, 3.8) is 0 Å². The third-order valence-electron chi connectivity index (χ3n) is 2.37. The summed E-state index contributed by atoms with van der Waals surface area (Å²) in [6.45, 7) is 2.99. The van der Waals surface area contributed by atoms with Crippen LogP contribution < -0.4 is 5.32 Å². The molecule has 15 heavy (non-hydrogen) atoms. The van der Waals surface area contributed by atoms with Crippen LogP contribution in [-0.2, 0) is 6.54 Å². The van der Waals surface area contributed by atoms with E-state index in [0.29, 0.717) is 6.04 Å². The van der Waals surface area contributed by atoms with E-state index in [1.165, 1.54) is 4.88 Å². The summed E-state index contributed by atoms with van der Waals surface area (Å²) < 4.78 is 0. The Labute approximate surface area is 93.6 Å². The van der Waals surface area contributed by atoms with Gasteiger partial charge in [0.1, 0.15) is 5.82 Å². The van der Waals surface area contributed by atoms with Crippen LogP contribution in [0.25, 0.3) is 0 Å². The van der Waals surface area contributed by atoms with E-state index < -0.39 is 0 Å². The molecule has 0 saturated heterocycles. The highest BCUT2D eigenvalue weighted by Crippen LogP contribution is 2.21. The van der Waals surface area contributed by atoms with Crippen LogP contribution in [0.15, 0.2) is 29.9 Å². The number of nitrogens with zero attached hydrogens (tertiary/aromatic N) is 1. The molecule has 0 aliphatic carbocycles. The highest BCUT2D eigenvalue weighted by Gasteiger charge is 2.09. The van der Waals surface area contributed by atoms with E-state index in [9.17, 15) is 0 Å². The number of hydrogen-bond donors (Lipinski definition) is 2. The van der Waals surface area contributed by atoms with Crippen LogP contribution in [0.5, 0.6) is 0 Å². The number of rotatable bonds is 5. The van der Waals surface area contributed by atoms with Gasteiger partial charge in [0.15, 0.2) is 0 Å². The van der Waals surface area contributed by atoms with E-state index in [2.05, 4.69) is 39.7 Å². The van der Waals surface area contributed by atoms with Crippen LogP contribution in [0.4, 0.5) is 0 Å². The highest BCUT2D eigenvalue weighted by molar-refractivity contribution is 7.10. The molecule has 3 nitrogen and oxygen atoms in total. The summed E-state index contributed by atoms with van der Waals surface area (Å²) in [6.07, 6.45) is 4.73. The summed E-state index contributed by atoms with van der Waals surface area (Å²) in [5, 5.41) is 5.61. The molecule has 0 aliphatic rings. The number of imidazole rings is 1. The molecule has 2 aromatic rings. The van der Waals surface area contributed by atoms with Gasteiger partial charge in [-0.05, 0) is 17.9 Å². The normalized spacial score (nSPS) is 12.9. The predicted octanol–water partition coefficient (Wildman–Crippen LogP) is 2.71. The van der Waals surface area contributed by atoms with Crippen molar-refractivity contribution < 1.29 is 0 Å². The van der Waals surface area contributed by atoms with Crippen LogP contribution in [-0.4, -0.2) is 9.97 Å². The van der Waals surface area contributed by atoms with Gasteiger partial charge < -0.3 is 10.3 Å². The summed E-state index contributed by atoms with van der Waals surface area (Å²) in [6, 6.07) is 4.71. The molecule has 2 N–H and O–H groups in total. The third-order valence-corrected chi connectivity index (χ3v) is 3.35. The predicted molar refractivity (Wildman–Crippen MR) is 62.8 cm³/mol. The van der Waals surface area contributed by atoms with Gasteiger partial charge in [0, 0.05) is 23.3 Å². The lowest BCUT2D eigenvalue weighted by Gasteiger charge is -2.14. The minimum absolute atomic E-state index is 0.440. The molecule has 0 aromatic carbocycles. The monoisotopic (exact) mass is 221 g/mol. The van der Waals surface area contributed by atoms with Crippen molar-refractivity contribution in [1.29, 1.82) is 0 Å². The molecule has 2 rings (SSSR count). The first kappa shape index (κ1) is 10.4. The third kappa shape index (κ3) is 2.67. The molecule has 2 aromatic heterocycles. The average molecular weight is 221 g/mol. The number of aromatic amines is 1. The van der Waals surface area contributed by atoms with Crippen molar-refractivity contribution >= 4 is 11.3 Å². The van der Waals surface area contributed by atoms with Gasteiger partial charge in [-0.15, -0.1) is 11.3 Å². The Bertz CT molecular complexity index is 366. The van der Waals surface area contributed by atoms with Crippen LogP contribution in [0.3, 0.4) is 0 Å². The molecular formula is C11H15N3S. The molecule has 0 amide bonds. The molecule has 1 unspecified atom stereocenters. The van der Waals surface area contributed by atoms with Crippen molar-refractivity contribution in [2.45, 2.75) is 25.9 Å². The zero-order chi connectivity index (χ0) is 10.5. The van der Waals surface area contributed by atoms with Gasteiger partial charge in [-0.25, -0.2) is 4.98 Å². The van der Waals surface area contributed by atoms with E-state index >= 15 is 0 Å². The summed E-state index contributed by atoms with van der Waals surface area (Å²) in [4.78, 5) is 8.67. The molecule has 0 aliphatic heterocycles. The maximum absolute atomic E-state index is 4.19. The molecule has 0 radical (unpaired) electrons. The number of nitrogens with one attached hydrogen (secondary N) is 2. The Kier molecular flexibility index (Phi) is 3.53. The molecule has 0 saturated carbocycles. The quantitative estimate of drug-likeness (QED) is 0.815. The Balaban J connectivity index is 1.92. The van der Waals surface area contributed by atoms with Crippen molar-refractivity contribution in [2.24, 2.45) is 0 Å². The average Bonchev–Trinajstić information content (AvgIpc) is 2.90. The number of H-pyrrole nitrogens is 1. The minimum atomic E-state index is 0.440. The van der Waals surface area contributed by atoms with Gasteiger partial charge in [-0.1, -0.05) is 13.0 Å². The largest absolute Gasteiger partial charge is 0.348 e. The van der Waals surface area contributed by atoms with Gasteiger partial charge >= 0.3 is 0 Å². The SMILES string of the molecule is CCC(NCc1ncc[nH]1)c1cccs1. The topological polar surface area (TPSA) is 40.7 Å². The zero-order valence-corrected chi connectivity index (χ0v) is 9.55. The van der Waals surface area contributed by atoms with Crippen molar-refractivity contribution in [2.75, 3.05) is 0 Å². The van der Waals surface area contributed by atoms with E-state index in [1.807, 2.05) is 6.20 Å². The van der Waals surface area contributed by atoms with E-state index in [1.54, 1.807) is 17.5 Å². The van der Waals surface area contributed by atoms with Gasteiger partial charge in [0.2, 0.25) is 0 Å². The molecule has 4 heteroatoms. The summed E-state index contributed by atoms with van der Waals surface area (Å²) in [5.74, 6) is 0.991. The van der Waals surface area contributed by atoms with Gasteiger partial charge in [-0.2, -0.15) is 0 Å². The molecule has 0 bridgehead atoms. The first-order valence-corrected chi connectivity index (χ1v) is 6.03. The number of aromatic nitrogens is 2. The summed E-state index contributed by atoms with van der Waals surface area (Å²) >= 11 is 1.80. The van der Waals surface area contributed by atoms with E-state index in [0.717, 1.165) is 18.8 Å². The van der Waals surface area contributed by atoms with Crippen molar-refractivity contribution in [3.8, 4) is 0 Å². The summed E-state index contributed by atoms with van der Waals surface area (Å²) in [7, 11) is 0. The standard InChI is InChI=1S/C11H15N3S/c1-2-9(10-4-3-7-15-10)14-8-11-12-5-6-13-11/h3-7,9,14H,2,8H2,1H3,(H,12,13). The molecule has 80 valence electrons. The van der Waals surface area contributed by atoms with Crippen LogP contribution >= 0.6 is 11.3 Å². The molecule has 2 heterocycles. The smallest absolute Gasteiger partial charge is 0.120 e. The van der Waals surface area contributed by atoms with Crippen LogP contribution in [0, 0.1) is 0 Å². The second-order valence-electron chi connectivity index (χ2n) is 3.39. The van der Waals surface area contributed by atoms with E-state index in [-0.39, 0.29) is 0 Å². The van der Waals surface area contributed by atoms with Crippen molar-refractivity contribution in [1.82, 2.24) is 15.3 Å². The number of thiophene rings is 1. The second-order valence-corrected chi connectivity index (χ2v) is 4.37. The van der Waals surface area contributed by atoms with Crippen LogP contribution in [0.2, 0.25) is 0 Å². The minimum Gasteiger partial charge on any atom is -0.348 e. The molecule has 0 fully saturated rings. The van der Waals surface area contributed by atoms with Gasteiger partial charge in [-0.3, -0.25) is 0 Å². The molecule has 1 atom stereocenters. The maximum atomic E-state index is 4.19. The Morgan fingerprint density at radius 2 is 2.53 bits per heavy atom. The second kappa shape index (κ2) is 5.09. The maximum Gasteiger partial charge on any atom is 0.120 e. The highest BCUT2D eigenvalue weighted by atomic mass is 32.1. The lowest BCUT2D eigenvalue weighted by molar-refractivity contribution is 0.517. The van der Waals surface area contributed by atoms with E-state index in [4.69, 9.17) is 0 Å². The summed E-state index contributed by atoms with van der Waals surface area (Å²) in [5.41, 5.74) is 0. The van der Waals surface area contributed by atoms with Gasteiger partial charge in [0.05, 0.1) is 6.54 Å². The fourth-order valence-electron chi connectivity index (χ4n) is 1.55. The lowest BCUT2D eigenvalue weighted by Crippen LogP contribution is -2.20. The fraction of sp³-hybridized carbons (Fsp3) is 0.364. The lowest BCUT2D eigenvalue weighted by atomic mass is 10.2. The first-order valence-electron chi connectivity index (χ1n) is 5.15. The Morgan fingerprint density at radius 3 is 3.13 bits per heavy atom. The van der Waals surface area contributed by atoms with Crippen LogP contribution in [0.1, 0.15) is 30.1 Å². The Hall–Kier alpha value is -1.13. The first-order chi connectivity index (χ1) is 7.40.